The molecule has 0 aliphatic rings. The Bertz CT molecular complexity index is 211. The lowest BCUT2D eigenvalue weighted by molar-refractivity contribution is -0.361. The summed E-state index contributed by atoms with van der Waals surface area (Å²) in [5.41, 5.74) is 0. The Morgan fingerprint density at radius 1 is 1.00 bits per heavy atom. The molecule has 0 atom stereocenters. The van der Waals surface area contributed by atoms with Gasteiger partial charge in [-0.1, -0.05) is 0 Å². The van der Waals surface area contributed by atoms with Crippen LogP contribution in [-0.2, 0) is 4.84 Å². The summed E-state index contributed by atoms with van der Waals surface area (Å²) in [5, 5.41) is 2.29. The van der Waals surface area contributed by atoms with E-state index in [1.165, 1.54) is 0 Å². The Morgan fingerprint density at radius 2 is 1.43 bits per heavy atom. The van der Waals surface area contributed by atoms with Gasteiger partial charge in [0.15, 0.2) is 6.61 Å². The lowest BCUT2D eigenvalue weighted by Gasteiger charge is -2.26. The molecule has 0 heterocycles. The number of rotatable bonds is 4. The fourth-order valence-corrected chi connectivity index (χ4v) is 0.425. The topological polar surface area (TPSA) is 21.6 Å². The van der Waals surface area contributed by atoms with Crippen molar-refractivity contribution in [1.82, 2.24) is 0 Å². The maximum Gasteiger partial charge on any atom is 0.460 e. The summed E-state index contributed by atoms with van der Waals surface area (Å²) in [6.45, 7) is 0.285. The molecule has 0 aliphatic heterocycles. The monoisotopic (exact) mass is 227 g/mol. The molecule has 84 valence electrons. The second-order valence-corrected chi connectivity index (χ2v) is 2.18. The molecule has 0 amide bonds. The SMILES string of the molecule is C=NOCC(F)(F)C(F)(F)C(F)(F)F. The molecule has 0 N–H and O–H groups in total. The summed E-state index contributed by atoms with van der Waals surface area (Å²) in [4.78, 5) is 3.36. The van der Waals surface area contributed by atoms with Gasteiger partial charge in [-0.3, -0.25) is 0 Å². The Balaban J connectivity index is 4.77. The van der Waals surface area contributed by atoms with Gasteiger partial charge in [0.2, 0.25) is 0 Å². The predicted molar refractivity (Wildman–Crippen MR) is 31.4 cm³/mol. The van der Waals surface area contributed by atoms with Crippen molar-refractivity contribution in [3.05, 3.63) is 0 Å². The molecular weight excluding hydrogens is 223 g/mol. The molecule has 0 radical (unpaired) electrons. The zero-order valence-corrected chi connectivity index (χ0v) is 6.42. The van der Waals surface area contributed by atoms with Crippen LogP contribution in [0.4, 0.5) is 30.7 Å². The van der Waals surface area contributed by atoms with Crippen LogP contribution in [0.2, 0.25) is 0 Å². The number of nitrogens with zero attached hydrogens (tertiary/aromatic N) is 1. The second kappa shape index (κ2) is 3.62. The first kappa shape index (κ1) is 13.0. The van der Waals surface area contributed by atoms with Crippen LogP contribution >= 0.6 is 0 Å². The van der Waals surface area contributed by atoms with E-state index in [0.29, 0.717) is 0 Å². The van der Waals surface area contributed by atoms with Gasteiger partial charge in [-0.15, -0.1) is 5.16 Å². The minimum atomic E-state index is -6.35. The van der Waals surface area contributed by atoms with Gasteiger partial charge in [-0.2, -0.15) is 30.7 Å². The molecule has 0 fully saturated rings. The first-order chi connectivity index (χ1) is 6.06. The number of halogens is 7. The Morgan fingerprint density at radius 3 is 1.71 bits per heavy atom. The Labute approximate surface area is 73.3 Å². The van der Waals surface area contributed by atoms with Crippen molar-refractivity contribution in [2.75, 3.05) is 6.61 Å². The molecule has 0 aliphatic carbocycles. The maximum absolute atomic E-state index is 12.2. The van der Waals surface area contributed by atoms with Crippen LogP contribution in [0, 0.1) is 0 Å². The Hall–Kier alpha value is -1.02. The van der Waals surface area contributed by atoms with Crippen molar-refractivity contribution in [1.29, 1.82) is 0 Å². The van der Waals surface area contributed by atoms with Gasteiger partial charge >= 0.3 is 18.0 Å². The Kier molecular flexibility index (Phi) is 3.35. The minimum Gasteiger partial charge on any atom is -0.390 e. The molecule has 14 heavy (non-hydrogen) atoms. The molecular formula is C5H4F7NO. The first-order valence-electron chi connectivity index (χ1n) is 2.96. The molecule has 0 saturated heterocycles. The average Bonchev–Trinajstić information content (AvgIpc) is 1.98. The van der Waals surface area contributed by atoms with Crippen molar-refractivity contribution in [3.63, 3.8) is 0 Å². The van der Waals surface area contributed by atoms with Gasteiger partial charge in [0, 0.05) is 6.72 Å². The minimum absolute atomic E-state index is 2.19. The van der Waals surface area contributed by atoms with E-state index in [1.54, 1.807) is 0 Å². The van der Waals surface area contributed by atoms with Crippen LogP contribution in [0.3, 0.4) is 0 Å². The smallest absolute Gasteiger partial charge is 0.390 e. The zero-order chi connectivity index (χ0) is 11.6. The van der Waals surface area contributed by atoms with Gasteiger partial charge in [0.05, 0.1) is 0 Å². The van der Waals surface area contributed by atoms with E-state index in [0.717, 1.165) is 0 Å². The number of hydrogen-bond acceptors (Lipinski definition) is 2. The van der Waals surface area contributed by atoms with Crippen molar-refractivity contribution in [2.24, 2.45) is 5.16 Å². The lowest BCUT2D eigenvalue weighted by Crippen LogP contribution is -2.54. The highest BCUT2D eigenvalue weighted by atomic mass is 19.4. The van der Waals surface area contributed by atoms with Crippen molar-refractivity contribution in [3.8, 4) is 0 Å². The van der Waals surface area contributed by atoms with Crippen LogP contribution < -0.4 is 0 Å². The molecule has 9 heteroatoms. The summed E-state index contributed by atoms with van der Waals surface area (Å²) in [5.74, 6) is -11.5. The van der Waals surface area contributed by atoms with E-state index in [1.807, 2.05) is 0 Å². The van der Waals surface area contributed by atoms with Gasteiger partial charge in [0.25, 0.3) is 0 Å². The average molecular weight is 227 g/mol. The summed E-state index contributed by atoms with van der Waals surface area (Å²) < 4.78 is 82.7. The molecule has 0 saturated carbocycles. The van der Waals surface area contributed by atoms with E-state index in [4.69, 9.17) is 0 Å². The van der Waals surface area contributed by atoms with Crippen molar-refractivity contribution >= 4 is 6.72 Å². The molecule has 2 nitrogen and oxygen atoms in total. The number of alkyl halides is 7. The highest BCUT2D eigenvalue weighted by Crippen LogP contribution is 2.46. The quantitative estimate of drug-likeness (QED) is 0.410. The molecule has 0 aromatic heterocycles. The van der Waals surface area contributed by atoms with Gasteiger partial charge in [0.1, 0.15) is 0 Å². The van der Waals surface area contributed by atoms with E-state index in [9.17, 15) is 30.7 Å². The second-order valence-electron chi connectivity index (χ2n) is 2.18. The van der Waals surface area contributed by atoms with Gasteiger partial charge in [-0.25, -0.2) is 0 Å². The lowest BCUT2D eigenvalue weighted by atomic mass is 10.2. The summed E-state index contributed by atoms with van der Waals surface area (Å²) >= 11 is 0. The maximum atomic E-state index is 12.2. The summed E-state index contributed by atoms with van der Waals surface area (Å²) in [6, 6.07) is 0. The van der Waals surface area contributed by atoms with E-state index in [2.05, 4.69) is 16.7 Å². The first-order valence-corrected chi connectivity index (χ1v) is 2.96. The van der Waals surface area contributed by atoms with Crippen LogP contribution in [0.1, 0.15) is 0 Å². The van der Waals surface area contributed by atoms with Crippen LogP contribution in [-0.4, -0.2) is 31.3 Å². The normalized spacial score (nSPS) is 13.9. The van der Waals surface area contributed by atoms with Gasteiger partial charge in [-0.05, 0) is 0 Å². The fourth-order valence-electron chi connectivity index (χ4n) is 0.425. The van der Waals surface area contributed by atoms with Crippen molar-refractivity contribution in [2.45, 2.75) is 18.0 Å². The van der Waals surface area contributed by atoms with Crippen LogP contribution in [0.15, 0.2) is 5.16 Å². The van der Waals surface area contributed by atoms with E-state index in [-0.39, 0.29) is 0 Å². The molecule has 0 aromatic rings. The van der Waals surface area contributed by atoms with Gasteiger partial charge < -0.3 is 4.84 Å². The number of oxime groups is 1. The van der Waals surface area contributed by atoms with Crippen LogP contribution in [0.25, 0.3) is 0 Å². The molecule has 0 bridgehead atoms. The molecule has 0 spiro atoms. The highest BCUT2D eigenvalue weighted by molar-refractivity contribution is 5.21. The molecule has 0 aromatic carbocycles. The highest BCUT2D eigenvalue weighted by Gasteiger charge is 2.73. The predicted octanol–water partition coefficient (Wildman–Crippen LogP) is 2.45. The largest absolute Gasteiger partial charge is 0.460 e. The number of hydrogen-bond donors (Lipinski definition) is 0. The van der Waals surface area contributed by atoms with E-state index < -0.39 is 24.6 Å². The summed E-state index contributed by atoms with van der Waals surface area (Å²) in [6.07, 6.45) is -6.35. The third-order valence-corrected chi connectivity index (χ3v) is 1.15. The third-order valence-electron chi connectivity index (χ3n) is 1.15. The fraction of sp³-hybridized carbons (Fsp3) is 0.800. The molecule has 0 unspecified atom stereocenters. The van der Waals surface area contributed by atoms with Crippen molar-refractivity contribution < 1.29 is 35.6 Å². The standard InChI is InChI=1S/C5H4F7NO/c1-13-14-2-3(6,7)4(8,9)5(10,11)12/h1-2H2. The molecule has 0 rings (SSSR count). The van der Waals surface area contributed by atoms with E-state index >= 15 is 0 Å². The summed E-state index contributed by atoms with van der Waals surface area (Å²) in [7, 11) is 0. The zero-order valence-electron chi connectivity index (χ0n) is 6.42. The third kappa shape index (κ3) is 2.26. The van der Waals surface area contributed by atoms with Crippen LogP contribution in [0.5, 0.6) is 0 Å².